The molecular weight excluding hydrogens is 396 g/mol. The molecule has 1 fully saturated rings. The molecule has 1 aliphatic rings. The number of aryl methyl sites for hydroxylation is 1. The van der Waals surface area contributed by atoms with E-state index in [1.165, 1.54) is 16.7 Å². The van der Waals surface area contributed by atoms with E-state index in [0.717, 1.165) is 33.9 Å². The molecule has 6 heteroatoms. The van der Waals surface area contributed by atoms with E-state index < -0.39 is 0 Å². The molecule has 0 spiro atoms. The Hall–Kier alpha value is -2.44. The van der Waals surface area contributed by atoms with E-state index >= 15 is 0 Å². The third-order valence-electron chi connectivity index (χ3n) is 5.42. The first-order chi connectivity index (χ1) is 14.2. The normalized spacial score (nSPS) is 18.1. The van der Waals surface area contributed by atoms with Crippen LogP contribution in [0.2, 0.25) is 0 Å². The SMILES string of the molecule is Cc1ccc(-c2nc(CSc3nnc(C4CC4c4ccccc4)n3C)cs2)cc1. The molecule has 0 N–H and O–H groups in total. The highest BCUT2D eigenvalue weighted by molar-refractivity contribution is 7.98. The van der Waals surface area contributed by atoms with Gasteiger partial charge in [-0.05, 0) is 24.8 Å². The molecule has 0 amide bonds. The van der Waals surface area contributed by atoms with Gasteiger partial charge in [0.1, 0.15) is 10.8 Å². The van der Waals surface area contributed by atoms with Crippen LogP contribution in [0.5, 0.6) is 0 Å². The molecule has 0 bridgehead atoms. The Morgan fingerprint density at radius 1 is 1.03 bits per heavy atom. The fraction of sp³-hybridized carbons (Fsp3) is 0.261. The number of hydrogen-bond donors (Lipinski definition) is 0. The molecule has 2 heterocycles. The van der Waals surface area contributed by atoms with Crippen LogP contribution in [-0.2, 0) is 12.8 Å². The number of benzene rings is 2. The summed E-state index contributed by atoms with van der Waals surface area (Å²) in [6, 6.07) is 19.3. The van der Waals surface area contributed by atoms with Gasteiger partial charge in [0.05, 0.1) is 5.69 Å². The lowest BCUT2D eigenvalue weighted by Crippen LogP contribution is -1.98. The Balaban J connectivity index is 1.24. The number of thiazole rings is 1. The van der Waals surface area contributed by atoms with Gasteiger partial charge in [-0.3, -0.25) is 0 Å². The van der Waals surface area contributed by atoms with Crippen molar-refractivity contribution in [3.05, 3.63) is 82.6 Å². The molecule has 4 nitrogen and oxygen atoms in total. The lowest BCUT2D eigenvalue weighted by atomic mass is 10.1. The van der Waals surface area contributed by atoms with E-state index in [0.29, 0.717) is 11.8 Å². The Labute approximate surface area is 179 Å². The predicted octanol–water partition coefficient (Wildman–Crippen LogP) is 5.81. The fourth-order valence-electron chi connectivity index (χ4n) is 3.66. The highest BCUT2D eigenvalue weighted by Gasteiger charge is 2.42. The quantitative estimate of drug-likeness (QED) is 0.371. The van der Waals surface area contributed by atoms with E-state index in [1.54, 1.807) is 23.1 Å². The van der Waals surface area contributed by atoms with Crippen LogP contribution in [-0.4, -0.2) is 19.7 Å². The molecule has 1 aliphatic carbocycles. The zero-order valence-electron chi connectivity index (χ0n) is 16.4. The average Bonchev–Trinajstić information content (AvgIpc) is 3.24. The molecule has 2 aromatic carbocycles. The third-order valence-corrected chi connectivity index (χ3v) is 7.41. The second-order valence-corrected chi connectivity index (χ2v) is 9.36. The molecule has 0 aliphatic heterocycles. The van der Waals surface area contributed by atoms with E-state index in [9.17, 15) is 0 Å². The van der Waals surface area contributed by atoms with Gasteiger partial charge in [0.2, 0.25) is 0 Å². The first-order valence-electron chi connectivity index (χ1n) is 9.77. The van der Waals surface area contributed by atoms with Crippen molar-refractivity contribution >= 4 is 23.1 Å². The number of hydrogen-bond acceptors (Lipinski definition) is 5. The smallest absolute Gasteiger partial charge is 0.191 e. The molecule has 5 rings (SSSR count). The monoisotopic (exact) mass is 418 g/mol. The van der Waals surface area contributed by atoms with Crippen molar-refractivity contribution in [1.29, 1.82) is 0 Å². The maximum absolute atomic E-state index is 4.80. The van der Waals surface area contributed by atoms with Crippen LogP contribution in [0.25, 0.3) is 10.6 Å². The molecule has 2 atom stereocenters. The van der Waals surface area contributed by atoms with Gasteiger partial charge >= 0.3 is 0 Å². The number of nitrogens with zero attached hydrogens (tertiary/aromatic N) is 4. The van der Waals surface area contributed by atoms with Crippen molar-refractivity contribution in [2.24, 2.45) is 7.05 Å². The van der Waals surface area contributed by atoms with Crippen molar-refractivity contribution in [2.75, 3.05) is 0 Å². The summed E-state index contributed by atoms with van der Waals surface area (Å²) in [4.78, 5) is 4.80. The van der Waals surface area contributed by atoms with Gasteiger partial charge in [-0.15, -0.1) is 21.5 Å². The summed E-state index contributed by atoms with van der Waals surface area (Å²) in [5.74, 6) is 2.96. The highest BCUT2D eigenvalue weighted by Crippen LogP contribution is 2.54. The summed E-state index contributed by atoms with van der Waals surface area (Å²) in [6.45, 7) is 2.10. The molecular formula is C23H22N4S2. The molecule has 4 aromatic rings. The van der Waals surface area contributed by atoms with E-state index in [4.69, 9.17) is 4.98 Å². The van der Waals surface area contributed by atoms with E-state index in [2.05, 4.69) is 88.7 Å². The van der Waals surface area contributed by atoms with Crippen molar-refractivity contribution < 1.29 is 0 Å². The van der Waals surface area contributed by atoms with Crippen LogP contribution in [0.1, 0.15) is 40.9 Å². The molecule has 0 radical (unpaired) electrons. The minimum Gasteiger partial charge on any atom is -0.309 e. The van der Waals surface area contributed by atoms with Gasteiger partial charge in [0, 0.05) is 29.7 Å². The summed E-state index contributed by atoms with van der Waals surface area (Å²) >= 11 is 3.41. The molecule has 0 saturated heterocycles. The zero-order chi connectivity index (χ0) is 19.8. The first kappa shape index (κ1) is 18.6. The Morgan fingerprint density at radius 3 is 2.62 bits per heavy atom. The molecule has 2 aromatic heterocycles. The molecule has 146 valence electrons. The largest absolute Gasteiger partial charge is 0.309 e. The first-order valence-corrected chi connectivity index (χ1v) is 11.6. The summed E-state index contributed by atoms with van der Waals surface area (Å²) in [7, 11) is 2.08. The number of thioether (sulfide) groups is 1. The summed E-state index contributed by atoms with van der Waals surface area (Å²) in [5, 5.41) is 13.1. The lowest BCUT2D eigenvalue weighted by molar-refractivity contribution is 0.730. The number of aromatic nitrogens is 4. The van der Waals surface area contributed by atoms with Crippen LogP contribution < -0.4 is 0 Å². The van der Waals surface area contributed by atoms with E-state index in [-0.39, 0.29) is 0 Å². The highest BCUT2D eigenvalue weighted by atomic mass is 32.2. The fourth-order valence-corrected chi connectivity index (χ4v) is 5.41. The minimum atomic E-state index is 0.483. The maximum Gasteiger partial charge on any atom is 0.191 e. The van der Waals surface area contributed by atoms with Crippen molar-refractivity contribution in [2.45, 2.75) is 36.1 Å². The van der Waals surface area contributed by atoms with Gasteiger partial charge in [-0.25, -0.2) is 4.98 Å². The molecule has 2 unspecified atom stereocenters. The molecule has 1 saturated carbocycles. The van der Waals surface area contributed by atoms with E-state index in [1.807, 2.05) is 0 Å². The standard InChI is InChI=1S/C23H22N4S2/c1-15-8-10-17(11-9-15)22-24-18(13-28-22)14-29-23-26-25-21(27(23)2)20-12-19(20)16-6-4-3-5-7-16/h3-11,13,19-20H,12,14H2,1-2H3. The van der Waals surface area contributed by atoms with Crippen molar-refractivity contribution in [3.8, 4) is 10.6 Å². The van der Waals surface area contributed by atoms with Crippen molar-refractivity contribution in [3.63, 3.8) is 0 Å². The van der Waals surface area contributed by atoms with Gasteiger partial charge in [0.25, 0.3) is 0 Å². The van der Waals surface area contributed by atoms with Gasteiger partial charge in [0.15, 0.2) is 5.16 Å². The predicted molar refractivity (Wildman–Crippen MR) is 119 cm³/mol. The second-order valence-electron chi connectivity index (χ2n) is 7.56. The van der Waals surface area contributed by atoms with Crippen LogP contribution >= 0.6 is 23.1 Å². The summed E-state index contributed by atoms with van der Waals surface area (Å²) < 4.78 is 2.16. The maximum atomic E-state index is 4.80. The van der Waals surface area contributed by atoms with Gasteiger partial charge in [-0.2, -0.15) is 0 Å². The van der Waals surface area contributed by atoms with Gasteiger partial charge in [-0.1, -0.05) is 71.9 Å². The second kappa shape index (κ2) is 7.76. The van der Waals surface area contributed by atoms with Crippen LogP contribution in [0, 0.1) is 6.92 Å². The third kappa shape index (κ3) is 3.87. The zero-order valence-corrected chi connectivity index (χ0v) is 18.1. The Kier molecular flexibility index (Phi) is 4.97. The van der Waals surface area contributed by atoms with Crippen LogP contribution in [0.4, 0.5) is 0 Å². The minimum absolute atomic E-state index is 0.483. The average molecular weight is 419 g/mol. The lowest BCUT2D eigenvalue weighted by Gasteiger charge is -2.03. The van der Waals surface area contributed by atoms with Crippen LogP contribution in [0.15, 0.2) is 65.1 Å². The summed E-state index contributed by atoms with van der Waals surface area (Å²) in [6.07, 6.45) is 1.16. The Morgan fingerprint density at radius 2 is 1.83 bits per heavy atom. The van der Waals surface area contributed by atoms with Crippen molar-refractivity contribution in [1.82, 2.24) is 19.7 Å². The molecule has 29 heavy (non-hydrogen) atoms. The topological polar surface area (TPSA) is 43.6 Å². The Bertz CT molecular complexity index is 1120. The number of rotatable bonds is 6. The van der Waals surface area contributed by atoms with Crippen LogP contribution in [0.3, 0.4) is 0 Å². The summed E-state index contributed by atoms with van der Waals surface area (Å²) in [5.41, 5.74) is 4.94. The van der Waals surface area contributed by atoms with Gasteiger partial charge < -0.3 is 4.57 Å².